The van der Waals surface area contributed by atoms with E-state index in [1.54, 1.807) is 0 Å². The molecule has 1 aromatic heterocycles. The van der Waals surface area contributed by atoms with E-state index in [1.165, 1.54) is 6.07 Å². The maximum absolute atomic E-state index is 13.8. The first kappa shape index (κ1) is 14.2. The van der Waals surface area contributed by atoms with E-state index in [2.05, 4.69) is 8.75 Å². The molecule has 0 radical (unpaired) electrons. The van der Waals surface area contributed by atoms with Crippen molar-refractivity contribution in [3.05, 3.63) is 46.2 Å². The molecule has 0 unspecified atom stereocenters. The summed E-state index contributed by atoms with van der Waals surface area (Å²) >= 11 is 6.68. The Morgan fingerprint density at radius 1 is 0.762 bits per heavy atom. The molecule has 0 fully saturated rings. The fraction of sp³-hybridized carbons (Fsp3) is 0. The third-order valence-corrected chi connectivity index (χ3v) is 3.69. The highest BCUT2D eigenvalue weighted by Gasteiger charge is 2.28. The number of hydrogen-bond acceptors (Lipinski definition) is 3. The van der Waals surface area contributed by atoms with Crippen molar-refractivity contribution in [1.29, 1.82) is 0 Å². The van der Waals surface area contributed by atoms with Crippen LogP contribution in [-0.4, -0.2) is 8.75 Å². The quantitative estimate of drug-likeness (QED) is 0.365. The topological polar surface area (TPSA) is 25.8 Å². The molecule has 0 aliphatic rings. The summed E-state index contributed by atoms with van der Waals surface area (Å²) in [6, 6.07) is 2.37. The molecule has 0 atom stereocenters. The summed E-state index contributed by atoms with van der Waals surface area (Å²) in [4.78, 5) is 0. The maximum Gasteiger partial charge on any atom is 0.200 e. The second-order valence-corrected chi connectivity index (χ2v) is 4.97. The number of rotatable bonds is 1. The number of aromatic nitrogens is 2. The first-order valence-corrected chi connectivity index (χ1v) is 6.46. The van der Waals surface area contributed by atoms with Gasteiger partial charge in [-0.2, -0.15) is 8.75 Å². The van der Waals surface area contributed by atoms with Crippen molar-refractivity contribution >= 4 is 34.4 Å². The summed E-state index contributed by atoms with van der Waals surface area (Å²) in [7, 11) is 0. The van der Waals surface area contributed by atoms with Gasteiger partial charge in [0, 0.05) is 5.56 Å². The van der Waals surface area contributed by atoms with Crippen molar-refractivity contribution in [2.75, 3.05) is 0 Å². The molecule has 0 N–H and O–H groups in total. The Morgan fingerprint density at radius 3 is 1.81 bits per heavy atom. The lowest BCUT2D eigenvalue weighted by Gasteiger charge is -2.09. The molecule has 0 aliphatic heterocycles. The summed E-state index contributed by atoms with van der Waals surface area (Å²) in [5.41, 5.74) is -0.836. The van der Waals surface area contributed by atoms with E-state index in [4.69, 9.17) is 11.6 Å². The van der Waals surface area contributed by atoms with Crippen LogP contribution in [0.2, 0.25) is 5.02 Å². The molecule has 3 aromatic rings. The van der Waals surface area contributed by atoms with E-state index in [0.29, 0.717) is 5.52 Å². The highest BCUT2D eigenvalue weighted by molar-refractivity contribution is 7.00. The van der Waals surface area contributed by atoms with Crippen LogP contribution in [0.1, 0.15) is 0 Å². The van der Waals surface area contributed by atoms with Crippen LogP contribution in [0.3, 0.4) is 0 Å². The number of halogens is 6. The summed E-state index contributed by atoms with van der Waals surface area (Å²) in [5.74, 6) is -10.2. The van der Waals surface area contributed by atoms with Gasteiger partial charge in [-0.05, 0) is 12.1 Å². The van der Waals surface area contributed by atoms with E-state index in [-0.39, 0.29) is 16.1 Å². The Labute approximate surface area is 123 Å². The van der Waals surface area contributed by atoms with Crippen LogP contribution in [-0.2, 0) is 0 Å². The van der Waals surface area contributed by atoms with Crippen LogP contribution in [0, 0.1) is 29.1 Å². The molecule has 3 rings (SSSR count). The summed E-state index contributed by atoms with van der Waals surface area (Å²) in [5, 5.41) is -0.196. The lowest BCUT2D eigenvalue weighted by Crippen LogP contribution is -2.04. The number of fused-ring (bicyclic) bond motifs is 1. The van der Waals surface area contributed by atoms with Gasteiger partial charge in [-0.3, -0.25) is 0 Å². The Morgan fingerprint density at radius 2 is 1.24 bits per heavy atom. The Bertz CT molecular complexity index is 851. The molecule has 2 aromatic carbocycles. The van der Waals surface area contributed by atoms with E-state index < -0.39 is 34.6 Å². The van der Waals surface area contributed by atoms with Crippen LogP contribution >= 0.6 is 23.3 Å². The van der Waals surface area contributed by atoms with Crippen molar-refractivity contribution in [1.82, 2.24) is 8.75 Å². The predicted molar refractivity (Wildman–Crippen MR) is 67.7 cm³/mol. The highest BCUT2D eigenvalue weighted by Crippen LogP contribution is 2.37. The van der Waals surface area contributed by atoms with Crippen LogP contribution in [0.25, 0.3) is 22.2 Å². The van der Waals surface area contributed by atoms with E-state index in [9.17, 15) is 22.0 Å². The molecule has 0 amide bonds. The van der Waals surface area contributed by atoms with Gasteiger partial charge in [0.1, 0.15) is 11.0 Å². The molecule has 0 bridgehead atoms. The first-order valence-electron chi connectivity index (χ1n) is 5.35. The molecule has 0 spiro atoms. The zero-order valence-electron chi connectivity index (χ0n) is 9.73. The van der Waals surface area contributed by atoms with Gasteiger partial charge in [0.25, 0.3) is 0 Å². The minimum Gasteiger partial charge on any atom is -0.203 e. The zero-order valence-corrected chi connectivity index (χ0v) is 11.3. The van der Waals surface area contributed by atoms with Gasteiger partial charge < -0.3 is 0 Å². The molecule has 1 heterocycles. The lowest BCUT2D eigenvalue weighted by molar-refractivity contribution is 0.381. The van der Waals surface area contributed by atoms with Gasteiger partial charge >= 0.3 is 0 Å². The molecule has 2 nitrogen and oxygen atoms in total. The molecule has 0 saturated heterocycles. The maximum atomic E-state index is 13.8. The average Bonchev–Trinajstić information content (AvgIpc) is 2.90. The van der Waals surface area contributed by atoms with E-state index in [1.807, 2.05) is 0 Å². The van der Waals surface area contributed by atoms with Gasteiger partial charge in [0.15, 0.2) is 23.3 Å². The zero-order chi connectivity index (χ0) is 15.3. The lowest BCUT2D eigenvalue weighted by atomic mass is 10.0. The fourth-order valence-electron chi connectivity index (χ4n) is 1.84. The van der Waals surface area contributed by atoms with Crippen molar-refractivity contribution < 1.29 is 22.0 Å². The largest absolute Gasteiger partial charge is 0.203 e. The van der Waals surface area contributed by atoms with Crippen LogP contribution < -0.4 is 0 Å². The van der Waals surface area contributed by atoms with Crippen LogP contribution in [0.5, 0.6) is 0 Å². The van der Waals surface area contributed by atoms with Crippen molar-refractivity contribution in [3.8, 4) is 11.1 Å². The van der Waals surface area contributed by atoms with E-state index in [0.717, 1.165) is 17.8 Å². The van der Waals surface area contributed by atoms with Gasteiger partial charge in [0.05, 0.1) is 22.3 Å². The molecule has 0 aliphatic carbocycles. The third-order valence-electron chi connectivity index (χ3n) is 2.82. The predicted octanol–water partition coefficient (Wildman–Crippen LogP) is 4.71. The number of nitrogens with zero attached hydrogens (tertiary/aromatic N) is 2. The van der Waals surface area contributed by atoms with Crippen molar-refractivity contribution in [2.45, 2.75) is 0 Å². The average molecular weight is 337 g/mol. The number of benzene rings is 2. The highest BCUT2D eigenvalue weighted by atomic mass is 35.5. The molecular weight excluding hydrogens is 335 g/mol. The van der Waals surface area contributed by atoms with E-state index >= 15 is 0 Å². The van der Waals surface area contributed by atoms with Gasteiger partial charge in [-0.15, -0.1) is 0 Å². The summed E-state index contributed by atoms with van der Waals surface area (Å²) in [6.07, 6.45) is 0. The fourth-order valence-corrected chi connectivity index (χ4v) is 2.60. The first-order chi connectivity index (χ1) is 9.91. The Kier molecular flexibility index (Phi) is 3.29. The summed E-state index contributed by atoms with van der Waals surface area (Å²) in [6.45, 7) is 0. The molecule has 0 saturated carbocycles. The van der Waals surface area contributed by atoms with Crippen molar-refractivity contribution in [3.63, 3.8) is 0 Å². The van der Waals surface area contributed by atoms with Crippen LogP contribution in [0.15, 0.2) is 12.1 Å². The van der Waals surface area contributed by atoms with Gasteiger partial charge in [0.2, 0.25) is 5.82 Å². The summed E-state index contributed by atoms with van der Waals surface area (Å²) < 4.78 is 74.8. The van der Waals surface area contributed by atoms with Gasteiger partial charge in [-0.25, -0.2) is 22.0 Å². The standard InChI is InChI=1S/C12H2ClF5N2S/c13-4-2-6-5(19-21-20-6)1-3(4)7-8(14)10(16)12(18)11(17)9(7)15/h1-2H. The smallest absolute Gasteiger partial charge is 0.200 e. The normalized spacial score (nSPS) is 11.3. The SMILES string of the molecule is Fc1c(F)c(F)c(-c2cc3nsnc3cc2Cl)c(F)c1F. The number of hydrogen-bond donors (Lipinski definition) is 0. The second kappa shape index (κ2) is 4.88. The van der Waals surface area contributed by atoms with Gasteiger partial charge in [-0.1, -0.05) is 11.6 Å². The Hall–Kier alpha value is -1.80. The monoisotopic (exact) mass is 336 g/mol. The molecule has 21 heavy (non-hydrogen) atoms. The second-order valence-electron chi connectivity index (χ2n) is 4.03. The van der Waals surface area contributed by atoms with Crippen LogP contribution in [0.4, 0.5) is 22.0 Å². The molecular formula is C12H2ClF5N2S. The molecule has 108 valence electrons. The Balaban J connectivity index is 2.40. The van der Waals surface area contributed by atoms with Crippen molar-refractivity contribution in [2.24, 2.45) is 0 Å². The third kappa shape index (κ3) is 2.06. The molecule has 9 heteroatoms. The minimum absolute atomic E-state index is 0.196. The minimum atomic E-state index is -2.22.